The van der Waals surface area contributed by atoms with Crippen molar-refractivity contribution in [2.24, 2.45) is 17.3 Å². The Kier molecular flexibility index (Phi) is 4.48. The summed E-state index contributed by atoms with van der Waals surface area (Å²) in [6.07, 6.45) is 7.03. The Balaban J connectivity index is 1.83. The molecule has 2 N–H and O–H groups in total. The van der Waals surface area contributed by atoms with Gasteiger partial charge in [-0.3, -0.25) is 0 Å². The van der Waals surface area contributed by atoms with E-state index in [2.05, 4.69) is 31.4 Å². The van der Waals surface area contributed by atoms with Gasteiger partial charge in [-0.05, 0) is 56.1 Å². The molecule has 1 heterocycles. The molecule has 1 saturated carbocycles. The van der Waals surface area contributed by atoms with Gasteiger partial charge in [-0.1, -0.05) is 33.6 Å². The molecule has 0 bridgehead atoms. The van der Waals surface area contributed by atoms with Gasteiger partial charge < -0.3 is 10.6 Å². The van der Waals surface area contributed by atoms with E-state index in [0.29, 0.717) is 5.41 Å². The number of nitrogens with one attached hydrogen (secondary N) is 2. The third-order valence-electron chi connectivity index (χ3n) is 4.71. The molecule has 1 aliphatic heterocycles. The summed E-state index contributed by atoms with van der Waals surface area (Å²) in [5.41, 5.74) is 0.464. The minimum atomic E-state index is 0.464. The predicted octanol–water partition coefficient (Wildman–Crippen LogP) is 2.79. The number of rotatable bonds is 3. The third kappa shape index (κ3) is 3.69. The second-order valence-electron chi connectivity index (χ2n) is 7.13. The lowest BCUT2D eigenvalue weighted by Gasteiger charge is -2.41. The summed E-state index contributed by atoms with van der Waals surface area (Å²) < 4.78 is 0. The Morgan fingerprint density at radius 2 is 1.88 bits per heavy atom. The highest BCUT2D eigenvalue weighted by molar-refractivity contribution is 4.89. The molecule has 2 aliphatic rings. The Morgan fingerprint density at radius 1 is 1.12 bits per heavy atom. The smallest absolute Gasteiger partial charge is 0.0100 e. The van der Waals surface area contributed by atoms with Crippen molar-refractivity contribution in [2.75, 3.05) is 19.6 Å². The molecule has 100 valence electrons. The van der Waals surface area contributed by atoms with E-state index < -0.39 is 0 Å². The first-order chi connectivity index (χ1) is 8.07. The molecule has 3 unspecified atom stereocenters. The summed E-state index contributed by atoms with van der Waals surface area (Å²) >= 11 is 0. The molecular formula is C15H30N2. The average Bonchev–Trinajstić information content (AvgIpc) is 2.78. The van der Waals surface area contributed by atoms with Crippen molar-refractivity contribution < 1.29 is 0 Å². The Labute approximate surface area is 107 Å². The Hall–Kier alpha value is -0.0800. The van der Waals surface area contributed by atoms with E-state index in [1.165, 1.54) is 51.7 Å². The number of hydrogen-bond donors (Lipinski definition) is 2. The summed E-state index contributed by atoms with van der Waals surface area (Å²) in [5.74, 6) is 1.74. The van der Waals surface area contributed by atoms with E-state index in [1.807, 2.05) is 0 Å². The molecule has 0 aromatic rings. The van der Waals surface area contributed by atoms with Gasteiger partial charge in [-0.15, -0.1) is 0 Å². The van der Waals surface area contributed by atoms with Crippen molar-refractivity contribution >= 4 is 0 Å². The lowest BCUT2D eigenvalue weighted by Crippen LogP contribution is -2.45. The van der Waals surface area contributed by atoms with Gasteiger partial charge in [0.1, 0.15) is 0 Å². The first kappa shape index (κ1) is 13.4. The fourth-order valence-electron chi connectivity index (χ4n) is 3.62. The van der Waals surface area contributed by atoms with Gasteiger partial charge >= 0.3 is 0 Å². The predicted molar refractivity (Wildman–Crippen MR) is 74.2 cm³/mol. The Bertz CT molecular complexity index is 226. The second kappa shape index (κ2) is 5.71. The molecule has 1 aliphatic carbocycles. The quantitative estimate of drug-likeness (QED) is 0.790. The molecule has 2 rings (SSSR count). The molecule has 2 fully saturated rings. The molecule has 0 aromatic carbocycles. The van der Waals surface area contributed by atoms with Crippen LogP contribution < -0.4 is 10.6 Å². The van der Waals surface area contributed by atoms with Gasteiger partial charge in [-0.2, -0.15) is 0 Å². The van der Waals surface area contributed by atoms with E-state index in [0.717, 1.165) is 17.9 Å². The largest absolute Gasteiger partial charge is 0.316 e. The highest BCUT2D eigenvalue weighted by Gasteiger charge is 2.34. The first-order valence-corrected chi connectivity index (χ1v) is 7.51. The minimum absolute atomic E-state index is 0.464. The van der Waals surface area contributed by atoms with Crippen molar-refractivity contribution in [2.45, 2.75) is 58.9 Å². The maximum absolute atomic E-state index is 3.88. The fourth-order valence-corrected chi connectivity index (χ4v) is 3.62. The van der Waals surface area contributed by atoms with Crippen LogP contribution >= 0.6 is 0 Å². The van der Waals surface area contributed by atoms with Gasteiger partial charge in [0.2, 0.25) is 0 Å². The van der Waals surface area contributed by atoms with Crippen molar-refractivity contribution in [3.8, 4) is 0 Å². The van der Waals surface area contributed by atoms with E-state index >= 15 is 0 Å². The normalized spacial score (nSPS) is 35.1. The maximum atomic E-state index is 3.88. The lowest BCUT2D eigenvalue weighted by atomic mass is 9.69. The Morgan fingerprint density at radius 3 is 2.53 bits per heavy atom. The van der Waals surface area contributed by atoms with Crippen LogP contribution in [-0.2, 0) is 0 Å². The second-order valence-corrected chi connectivity index (χ2v) is 7.13. The van der Waals surface area contributed by atoms with Gasteiger partial charge in [0.05, 0.1) is 0 Å². The molecule has 17 heavy (non-hydrogen) atoms. The van der Waals surface area contributed by atoms with Gasteiger partial charge in [0.15, 0.2) is 0 Å². The fraction of sp³-hybridized carbons (Fsp3) is 1.00. The van der Waals surface area contributed by atoms with Crippen LogP contribution in [0.3, 0.4) is 0 Å². The van der Waals surface area contributed by atoms with Crippen molar-refractivity contribution in [3.05, 3.63) is 0 Å². The zero-order chi connectivity index (χ0) is 12.3. The monoisotopic (exact) mass is 238 g/mol. The van der Waals surface area contributed by atoms with Crippen molar-refractivity contribution in [1.82, 2.24) is 10.6 Å². The summed E-state index contributed by atoms with van der Waals surface area (Å²) in [7, 11) is 0. The first-order valence-electron chi connectivity index (χ1n) is 7.51. The molecule has 0 radical (unpaired) electrons. The molecule has 1 saturated heterocycles. The van der Waals surface area contributed by atoms with Gasteiger partial charge in [0, 0.05) is 6.04 Å². The van der Waals surface area contributed by atoms with Crippen LogP contribution in [0, 0.1) is 17.3 Å². The van der Waals surface area contributed by atoms with E-state index in [9.17, 15) is 0 Å². The highest BCUT2D eigenvalue weighted by atomic mass is 15.0. The van der Waals surface area contributed by atoms with Crippen LogP contribution in [0.2, 0.25) is 0 Å². The van der Waals surface area contributed by atoms with Crippen LogP contribution in [0.5, 0.6) is 0 Å². The van der Waals surface area contributed by atoms with Crippen LogP contribution in [0.4, 0.5) is 0 Å². The molecule has 2 nitrogen and oxygen atoms in total. The standard InChI is InChI=1S/C15H30N2/c1-15(2,3)13-6-4-5-7-14(13)17-11-12-8-9-16-10-12/h12-14,16-17H,4-11H2,1-3H3. The van der Waals surface area contributed by atoms with E-state index in [4.69, 9.17) is 0 Å². The third-order valence-corrected chi connectivity index (χ3v) is 4.71. The highest BCUT2D eigenvalue weighted by Crippen LogP contribution is 2.38. The van der Waals surface area contributed by atoms with Gasteiger partial charge in [-0.25, -0.2) is 0 Å². The van der Waals surface area contributed by atoms with Crippen LogP contribution in [0.15, 0.2) is 0 Å². The molecule has 0 amide bonds. The molecule has 0 spiro atoms. The average molecular weight is 238 g/mol. The van der Waals surface area contributed by atoms with Crippen molar-refractivity contribution in [1.29, 1.82) is 0 Å². The van der Waals surface area contributed by atoms with Crippen LogP contribution in [0.25, 0.3) is 0 Å². The number of hydrogen-bond acceptors (Lipinski definition) is 2. The van der Waals surface area contributed by atoms with Crippen molar-refractivity contribution in [3.63, 3.8) is 0 Å². The lowest BCUT2D eigenvalue weighted by molar-refractivity contribution is 0.128. The minimum Gasteiger partial charge on any atom is -0.316 e. The summed E-state index contributed by atoms with van der Waals surface area (Å²) in [4.78, 5) is 0. The zero-order valence-corrected chi connectivity index (χ0v) is 11.9. The molecule has 3 atom stereocenters. The van der Waals surface area contributed by atoms with E-state index in [-0.39, 0.29) is 0 Å². The summed E-state index contributed by atoms with van der Waals surface area (Å²) in [5, 5.41) is 7.34. The summed E-state index contributed by atoms with van der Waals surface area (Å²) in [6.45, 7) is 10.9. The van der Waals surface area contributed by atoms with Gasteiger partial charge in [0.25, 0.3) is 0 Å². The molecular weight excluding hydrogens is 208 g/mol. The van der Waals surface area contributed by atoms with Crippen LogP contribution in [-0.4, -0.2) is 25.7 Å². The summed E-state index contributed by atoms with van der Waals surface area (Å²) in [6, 6.07) is 0.768. The molecule has 2 heteroatoms. The van der Waals surface area contributed by atoms with Crippen LogP contribution in [0.1, 0.15) is 52.9 Å². The zero-order valence-electron chi connectivity index (χ0n) is 11.9. The maximum Gasteiger partial charge on any atom is 0.0100 e. The van der Waals surface area contributed by atoms with E-state index in [1.54, 1.807) is 0 Å². The SMILES string of the molecule is CC(C)(C)C1CCCCC1NCC1CCNC1. The molecule has 0 aromatic heterocycles. The topological polar surface area (TPSA) is 24.1 Å².